The second-order valence-corrected chi connectivity index (χ2v) is 6.69. The molecule has 0 aliphatic heterocycles. The summed E-state index contributed by atoms with van der Waals surface area (Å²) in [6, 6.07) is 3.14. The van der Waals surface area contributed by atoms with Crippen LogP contribution in [0.3, 0.4) is 0 Å². The van der Waals surface area contributed by atoms with E-state index in [9.17, 15) is 9.59 Å². The predicted octanol–water partition coefficient (Wildman–Crippen LogP) is 1.75. The average molecular weight is 370 g/mol. The maximum absolute atomic E-state index is 12.7. The number of likely N-dealkylation sites (N-methyl/N-ethyl adjacent to an activating group) is 1. The molecule has 8 heteroatoms. The number of carbonyl (C=O) groups excluding carboxylic acids is 2. The van der Waals surface area contributed by atoms with Crippen LogP contribution >= 0.6 is 11.6 Å². The van der Waals surface area contributed by atoms with Gasteiger partial charge in [0.25, 0.3) is 0 Å². The van der Waals surface area contributed by atoms with Gasteiger partial charge < -0.3 is 25.0 Å². The van der Waals surface area contributed by atoms with Crippen LogP contribution in [0.15, 0.2) is 12.1 Å². The van der Waals surface area contributed by atoms with Crippen LogP contribution in [-0.2, 0) is 9.59 Å². The number of amides is 2. The van der Waals surface area contributed by atoms with Crippen LogP contribution in [0.1, 0.15) is 12.8 Å². The van der Waals surface area contributed by atoms with E-state index >= 15 is 0 Å². The Morgan fingerprint density at radius 1 is 1.16 bits per heavy atom. The highest BCUT2D eigenvalue weighted by molar-refractivity contribution is 6.32. The third kappa shape index (κ3) is 4.35. The van der Waals surface area contributed by atoms with Crippen LogP contribution in [0.25, 0.3) is 0 Å². The summed E-state index contributed by atoms with van der Waals surface area (Å²) in [4.78, 5) is 27.0. The van der Waals surface area contributed by atoms with Gasteiger partial charge in [-0.3, -0.25) is 9.59 Å². The van der Waals surface area contributed by atoms with E-state index in [1.807, 2.05) is 19.0 Å². The van der Waals surface area contributed by atoms with E-state index in [0.29, 0.717) is 48.1 Å². The zero-order valence-electron chi connectivity index (χ0n) is 14.9. The van der Waals surface area contributed by atoms with E-state index in [1.165, 1.54) is 14.2 Å². The van der Waals surface area contributed by atoms with Gasteiger partial charge in [0.15, 0.2) is 0 Å². The van der Waals surface area contributed by atoms with E-state index < -0.39 is 5.41 Å². The topological polar surface area (TPSA) is 79.9 Å². The lowest BCUT2D eigenvalue weighted by Gasteiger charge is -2.18. The molecule has 25 heavy (non-hydrogen) atoms. The van der Waals surface area contributed by atoms with E-state index in [2.05, 4.69) is 10.6 Å². The van der Waals surface area contributed by atoms with Gasteiger partial charge in [0.2, 0.25) is 11.8 Å². The number of halogens is 1. The van der Waals surface area contributed by atoms with Gasteiger partial charge in [-0.2, -0.15) is 0 Å². The summed E-state index contributed by atoms with van der Waals surface area (Å²) >= 11 is 6.07. The van der Waals surface area contributed by atoms with Crippen LogP contribution < -0.4 is 20.1 Å². The zero-order chi connectivity index (χ0) is 18.6. The maximum Gasteiger partial charge on any atom is 0.240 e. The molecule has 2 rings (SSSR count). The second kappa shape index (κ2) is 7.93. The maximum atomic E-state index is 12.7. The lowest BCUT2D eigenvalue weighted by Crippen LogP contribution is -2.42. The van der Waals surface area contributed by atoms with E-state index in [0.717, 1.165) is 0 Å². The van der Waals surface area contributed by atoms with Crippen molar-refractivity contribution >= 4 is 29.1 Å². The monoisotopic (exact) mass is 369 g/mol. The summed E-state index contributed by atoms with van der Waals surface area (Å²) in [6.45, 7) is 1.21. The summed E-state index contributed by atoms with van der Waals surface area (Å²) in [5.41, 5.74) is -0.592. The minimum absolute atomic E-state index is 0.244. The number of methoxy groups -OCH3 is 2. The number of rotatable bonds is 8. The largest absolute Gasteiger partial charge is 0.495 e. The Balaban J connectivity index is 2.10. The van der Waals surface area contributed by atoms with Crippen LogP contribution in [0.4, 0.5) is 5.69 Å². The fraction of sp³-hybridized carbons (Fsp3) is 0.529. The van der Waals surface area contributed by atoms with Crippen LogP contribution in [0, 0.1) is 5.41 Å². The summed E-state index contributed by atoms with van der Waals surface area (Å²) in [5, 5.41) is 5.97. The van der Waals surface area contributed by atoms with Crippen molar-refractivity contribution in [3.8, 4) is 11.5 Å². The van der Waals surface area contributed by atoms with Crippen LogP contribution in [-0.4, -0.2) is 58.1 Å². The summed E-state index contributed by atoms with van der Waals surface area (Å²) < 4.78 is 10.4. The van der Waals surface area contributed by atoms with Crippen molar-refractivity contribution in [2.45, 2.75) is 12.8 Å². The van der Waals surface area contributed by atoms with Crippen molar-refractivity contribution in [2.24, 2.45) is 5.41 Å². The lowest BCUT2D eigenvalue weighted by molar-refractivity contribution is -0.134. The number of hydrogen-bond donors (Lipinski definition) is 2. The third-order valence-corrected chi connectivity index (χ3v) is 4.48. The molecule has 0 bridgehead atoms. The van der Waals surface area contributed by atoms with Crippen LogP contribution in [0.2, 0.25) is 5.02 Å². The Morgan fingerprint density at radius 3 is 2.32 bits per heavy atom. The van der Waals surface area contributed by atoms with E-state index in [-0.39, 0.29) is 11.8 Å². The Bertz CT molecular complexity index is 660. The molecule has 0 atom stereocenters. The van der Waals surface area contributed by atoms with Crippen LogP contribution in [0.5, 0.6) is 11.5 Å². The molecule has 2 amide bonds. The van der Waals surface area contributed by atoms with Gasteiger partial charge in [-0.05, 0) is 26.9 Å². The first-order valence-electron chi connectivity index (χ1n) is 8.00. The van der Waals surface area contributed by atoms with Crippen molar-refractivity contribution in [1.29, 1.82) is 0 Å². The molecule has 1 saturated carbocycles. The highest BCUT2D eigenvalue weighted by atomic mass is 35.5. The standard InChI is InChI=1S/C17H24ClN3O4/c1-21(2)8-7-19-15(22)17(5-6-17)16(23)20-12-10-13(24-3)11(18)9-14(12)25-4/h9-10H,5-8H2,1-4H3,(H,19,22)(H,20,23). The number of nitrogens with zero attached hydrogens (tertiary/aromatic N) is 1. The van der Waals surface area contributed by atoms with Crippen molar-refractivity contribution in [3.05, 3.63) is 17.2 Å². The lowest BCUT2D eigenvalue weighted by atomic mass is 10.0. The molecule has 1 aliphatic rings. The molecule has 0 saturated heterocycles. The fourth-order valence-corrected chi connectivity index (χ4v) is 2.68. The minimum atomic E-state index is -1.01. The Morgan fingerprint density at radius 2 is 1.80 bits per heavy atom. The molecule has 1 aromatic carbocycles. The second-order valence-electron chi connectivity index (χ2n) is 6.28. The molecule has 0 heterocycles. The molecule has 0 spiro atoms. The molecular weight excluding hydrogens is 346 g/mol. The molecule has 7 nitrogen and oxygen atoms in total. The Kier molecular flexibility index (Phi) is 6.13. The smallest absolute Gasteiger partial charge is 0.240 e. The molecule has 1 aliphatic carbocycles. The molecular formula is C17H24ClN3O4. The normalized spacial score (nSPS) is 14.8. The molecule has 2 N–H and O–H groups in total. The van der Waals surface area contributed by atoms with Gasteiger partial charge in [0.1, 0.15) is 16.9 Å². The molecule has 0 unspecified atom stereocenters. The van der Waals surface area contributed by atoms with Crippen molar-refractivity contribution in [1.82, 2.24) is 10.2 Å². The van der Waals surface area contributed by atoms with E-state index in [1.54, 1.807) is 12.1 Å². The van der Waals surface area contributed by atoms with Crippen molar-refractivity contribution < 1.29 is 19.1 Å². The number of nitrogens with one attached hydrogen (secondary N) is 2. The van der Waals surface area contributed by atoms with Gasteiger partial charge in [0.05, 0.1) is 24.9 Å². The Hall–Kier alpha value is -1.99. The van der Waals surface area contributed by atoms with Gasteiger partial charge in [-0.1, -0.05) is 11.6 Å². The van der Waals surface area contributed by atoms with Gasteiger partial charge in [-0.25, -0.2) is 0 Å². The zero-order valence-corrected chi connectivity index (χ0v) is 15.7. The molecule has 138 valence electrons. The summed E-state index contributed by atoms with van der Waals surface area (Å²) in [7, 11) is 6.81. The number of benzene rings is 1. The molecule has 0 aromatic heterocycles. The first kappa shape index (κ1) is 19.3. The minimum Gasteiger partial charge on any atom is -0.495 e. The number of hydrogen-bond acceptors (Lipinski definition) is 5. The van der Waals surface area contributed by atoms with Gasteiger partial charge in [-0.15, -0.1) is 0 Å². The summed E-state index contributed by atoms with van der Waals surface area (Å²) in [6.07, 6.45) is 1.05. The highest BCUT2D eigenvalue weighted by Gasteiger charge is 2.56. The average Bonchev–Trinajstić information content (AvgIpc) is 3.37. The summed E-state index contributed by atoms with van der Waals surface area (Å²) in [5.74, 6) is 0.227. The third-order valence-electron chi connectivity index (χ3n) is 4.19. The first-order chi connectivity index (χ1) is 11.8. The van der Waals surface area contributed by atoms with Gasteiger partial charge in [0, 0.05) is 25.2 Å². The quantitative estimate of drug-likeness (QED) is 0.682. The van der Waals surface area contributed by atoms with Crippen molar-refractivity contribution in [3.63, 3.8) is 0 Å². The first-order valence-corrected chi connectivity index (χ1v) is 8.38. The Labute approximate surface area is 152 Å². The molecule has 1 fully saturated rings. The highest BCUT2D eigenvalue weighted by Crippen LogP contribution is 2.47. The SMILES string of the molecule is COc1cc(NC(=O)C2(C(=O)NCCN(C)C)CC2)c(OC)cc1Cl. The predicted molar refractivity (Wildman–Crippen MR) is 96.4 cm³/mol. The molecule has 0 radical (unpaired) electrons. The number of anilines is 1. The van der Waals surface area contributed by atoms with Crippen molar-refractivity contribution in [2.75, 3.05) is 46.7 Å². The van der Waals surface area contributed by atoms with Gasteiger partial charge >= 0.3 is 0 Å². The molecule has 1 aromatic rings. The number of carbonyl (C=O) groups is 2. The van der Waals surface area contributed by atoms with E-state index in [4.69, 9.17) is 21.1 Å². The fourth-order valence-electron chi connectivity index (χ4n) is 2.44. The number of ether oxygens (including phenoxy) is 2.